The number of aromatic amines is 1. The molecule has 1 aromatic heterocycles. The molecule has 6 heteroatoms. The number of carbonyl (C=O) groups excluding carboxylic acids is 1. The molecule has 29 heavy (non-hydrogen) atoms. The van der Waals surface area contributed by atoms with E-state index in [9.17, 15) is 4.79 Å². The standard InChI is InChI=1S/C23H37N5O/c1-2-3-4-5-6-7-8-9-10-11-12-13-14-15-22(29)24-21-18-16-20(17-19-21)23-25-27-28-26-23/h16-19H,2-15H2,1H3,(H,24,29)(H,25,26,27,28). The number of benzene rings is 1. The van der Waals surface area contributed by atoms with Gasteiger partial charge in [0.05, 0.1) is 0 Å². The Morgan fingerprint density at radius 1 is 0.828 bits per heavy atom. The van der Waals surface area contributed by atoms with Crippen molar-refractivity contribution in [3.8, 4) is 11.4 Å². The summed E-state index contributed by atoms with van der Waals surface area (Å²) < 4.78 is 0. The van der Waals surface area contributed by atoms with Crippen molar-refractivity contribution in [1.29, 1.82) is 0 Å². The summed E-state index contributed by atoms with van der Waals surface area (Å²) in [5.41, 5.74) is 1.70. The molecule has 2 aromatic rings. The van der Waals surface area contributed by atoms with Crippen LogP contribution in [0.15, 0.2) is 24.3 Å². The molecule has 1 heterocycles. The molecular weight excluding hydrogens is 362 g/mol. The number of aromatic nitrogens is 4. The minimum atomic E-state index is 0.0853. The summed E-state index contributed by atoms with van der Waals surface area (Å²) in [6, 6.07) is 7.53. The maximum atomic E-state index is 12.1. The topological polar surface area (TPSA) is 83.6 Å². The van der Waals surface area contributed by atoms with Gasteiger partial charge in [-0.2, -0.15) is 0 Å². The number of anilines is 1. The largest absolute Gasteiger partial charge is 0.326 e. The quantitative estimate of drug-likeness (QED) is 0.325. The first-order chi connectivity index (χ1) is 14.3. The van der Waals surface area contributed by atoms with Crippen molar-refractivity contribution >= 4 is 11.6 Å². The molecule has 0 radical (unpaired) electrons. The average molecular weight is 400 g/mol. The molecule has 0 bridgehead atoms. The maximum absolute atomic E-state index is 12.1. The normalized spacial score (nSPS) is 10.9. The maximum Gasteiger partial charge on any atom is 0.224 e. The van der Waals surface area contributed by atoms with Crippen LogP contribution in [0, 0.1) is 0 Å². The van der Waals surface area contributed by atoms with Crippen LogP contribution in [0.25, 0.3) is 11.4 Å². The highest BCUT2D eigenvalue weighted by Crippen LogP contribution is 2.17. The van der Waals surface area contributed by atoms with Crippen molar-refractivity contribution in [2.24, 2.45) is 0 Å². The van der Waals surface area contributed by atoms with E-state index in [1.165, 1.54) is 70.6 Å². The second-order valence-corrected chi connectivity index (χ2v) is 7.87. The number of hydrogen-bond donors (Lipinski definition) is 2. The lowest BCUT2D eigenvalue weighted by Crippen LogP contribution is -2.10. The van der Waals surface area contributed by atoms with Crippen molar-refractivity contribution in [3.63, 3.8) is 0 Å². The van der Waals surface area contributed by atoms with Crippen molar-refractivity contribution in [3.05, 3.63) is 24.3 Å². The summed E-state index contributed by atoms with van der Waals surface area (Å²) in [5.74, 6) is 0.706. The van der Waals surface area contributed by atoms with Crippen molar-refractivity contribution < 1.29 is 4.79 Å². The zero-order valence-electron chi connectivity index (χ0n) is 18.0. The zero-order chi connectivity index (χ0) is 20.6. The van der Waals surface area contributed by atoms with Gasteiger partial charge in [0.2, 0.25) is 5.91 Å². The van der Waals surface area contributed by atoms with Gasteiger partial charge in [0.15, 0.2) is 5.82 Å². The minimum Gasteiger partial charge on any atom is -0.326 e. The molecule has 160 valence electrons. The molecule has 0 aliphatic heterocycles. The molecule has 2 N–H and O–H groups in total. The van der Waals surface area contributed by atoms with Gasteiger partial charge in [-0.3, -0.25) is 4.79 Å². The third-order valence-corrected chi connectivity index (χ3v) is 5.29. The molecule has 0 atom stereocenters. The van der Waals surface area contributed by atoms with Gasteiger partial charge in [-0.25, -0.2) is 5.10 Å². The molecule has 6 nitrogen and oxygen atoms in total. The van der Waals surface area contributed by atoms with Crippen LogP contribution in [-0.4, -0.2) is 26.5 Å². The molecule has 1 amide bonds. The van der Waals surface area contributed by atoms with Crippen LogP contribution in [0.4, 0.5) is 5.69 Å². The molecule has 0 aliphatic rings. The fourth-order valence-corrected chi connectivity index (χ4v) is 3.52. The van der Waals surface area contributed by atoms with E-state index >= 15 is 0 Å². The van der Waals surface area contributed by atoms with E-state index in [-0.39, 0.29) is 5.91 Å². The predicted octanol–water partition coefficient (Wildman–Crippen LogP) is 6.29. The van der Waals surface area contributed by atoms with Gasteiger partial charge in [0, 0.05) is 17.7 Å². The Balaban J connectivity index is 1.43. The number of nitrogens with zero attached hydrogens (tertiary/aromatic N) is 3. The highest BCUT2D eigenvalue weighted by atomic mass is 16.1. The van der Waals surface area contributed by atoms with E-state index in [0.717, 1.165) is 24.1 Å². The first-order valence-electron chi connectivity index (χ1n) is 11.4. The number of rotatable bonds is 16. The number of H-pyrrole nitrogens is 1. The molecule has 0 saturated carbocycles. The fourth-order valence-electron chi connectivity index (χ4n) is 3.52. The van der Waals surface area contributed by atoms with E-state index in [1.807, 2.05) is 24.3 Å². The number of nitrogens with one attached hydrogen (secondary N) is 2. The lowest BCUT2D eigenvalue weighted by atomic mass is 10.0. The predicted molar refractivity (Wildman–Crippen MR) is 119 cm³/mol. The van der Waals surface area contributed by atoms with Gasteiger partial charge in [0.25, 0.3) is 0 Å². The van der Waals surface area contributed by atoms with E-state index in [0.29, 0.717) is 12.2 Å². The SMILES string of the molecule is CCCCCCCCCCCCCCCC(=O)Nc1ccc(-c2nnn[nH]2)cc1. The van der Waals surface area contributed by atoms with Gasteiger partial charge >= 0.3 is 0 Å². The lowest BCUT2D eigenvalue weighted by molar-refractivity contribution is -0.116. The van der Waals surface area contributed by atoms with Crippen molar-refractivity contribution in [2.75, 3.05) is 5.32 Å². The Kier molecular flexibility index (Phi) is 11.7. The summed E-state index contributed by atoms with van der Waals surface area (Å²) in [5, 5.41) is 16.7. The average Bonchev–Trinajstić information content (AvgIpc) is 3.27. The molecule has 0 saturated heterocycles. The molecule has 0 aliphatic carbocycles. The Labute approximate surface area is 175 Å². The van der Waals surface area contributed by atoms with Gasteiger partial charge in [-0.15, -0.1) is 5.10 Å². The summed E-state index contributed by atoms with van der Waals surface area (Å²) in [4.78, 5) is 12.1. The third kappa shape index (κ3) is 10.2. The molecule has 2 rings (SSSR count). The van der Waals surface area contributed by atoms with E-state index in [4.69, 9.17) is 0 Å². The zero-order valence-corrected chi connectivity index (χ0v) is 18.0. The van der Waals surface area contributed by atoms with E-state index < -0.39 is 0 Å². The summed E-state index contributed by atoms with van der Waals surface area (Å²) >= 11 is 0. The first-order valence-corrected chi connectivity index (χ1v) is 11.4. The van der Waals surface area contributed by atoms with Crippen LogP contribution in [0.3, 0.4) is 0 Å². The Hall–Kier alpha value is -2.24. The smallest absolute Gasteiger partial charge is 0.224 e. The number of unbranched alkanes of at least 4 members (excludes halogenated alkanes) is 12. The minimum absolute atomic E-state index is 0.0853. The van der Waals surface area contributed by atoms with Gasteiger partial charge in [0.1, 0.15) is 0 Å². The second kappa shape index (κ2) is 14.7. The monoisotopic (exact) mass is 399 g/mol. The Morgan fingerprint density at radius 3 is 1.90 bits per heavy atom. The molecule has 0 unspecified atom stereocenters. The van der Waals surface area contributed by atoms with Crippen LogP contribution in [0.1, 0.15) is 96.8 Å². The molecule has 1 aromatic carbocycles. The van der Waals surface area contributed by atoms with Crippen LogP contribution in [-0.2, 0) is 4.79 Å². The van der Waals surface area contributed by atoms with Crippen LogP contribution >= 0.6 is 0 Å². The third-order valence-electron chi connectivity index (χ3n) is 5.29. The van der Waals surface area contributed by atoms with E-state index in [2.05, 4.69) is 32.9 Å². The highest BCUT2D eigenvalue weighted by Gasteiger charge is 2.05. The number of tetrazole rings is 1. The Morgan fingerprint density at radius 2 is 1.38 bits per heavy atom. The molecule has 0 spiro atoms. The second-order valence-electron chi connectivity index (χ2n) is 7.87. The summed E-state index contributed by atoms with van der Waals surface area (Å²) in [6.07, 6.45) is 17.7. The number of hydrogen-bond acceptors (Lipinski definition) is 4. The van der Waals surface area contributed by atoms with Crippen LogP contribution in [0.5, 0.6) is 0 Å². The van der Waals surface area contributed by atoms with Gasteiger partial charge in [-0.05, 0) is 41.1 Å². The van der Waals surface area contributed by atoms with Gasteiger partial charge < -0.3 is 5.32 Å². The van der Waals surface area contributed by atoms with Crippen LogP contribution in [0.2, 0.25) is 0 Å². The number of amides is 1. The summed E-state index contributed by atoms with van der Waals surface area (Å²) in [7, 11) is 0. The van der Waals surface area contributed by atoms with Crippen molar-refractivity contribution in [2.45, 2.75) is 96.8 Å². The fraction of sp³-hybridized carbons (Fsp3) is 0.652. The lowest BCUT2D eigenvalue weighted by Gasteiger charge is -2.06. The molecular formula is C23H37N5O. The number of carbonyl (C=O) groups is 1. The first kappa shape index (κ1) is 23.0. The molecule has 0 fully saturated rings. The van der Waals surface area contributed by atoms with Gasteiger partial charge in [-0.1, -0.05) is 84.0 Å². The highest BCUT2D eigenvalue weighted by molar-refractivity contribution is 5.90. The van der Waals surface area contributed by atoms with Crippen LogP contribution < -0.4 is 5.32 Å². The van der Waals surface area contributed by atoms with Crippen molar-refractivity contribution in [1.82, 2.24) is 20.6 Å². The van der Waals surface area contributed by atoms with E-state index in [1.54, 1.807) is 0 Å². The Bertz CT molecular complexity index is 654. The summed E-state index contributed by atoms with van der Waals surface area (Å²) in [6.45, 7) is 2.27.